The molecule has 0 aromatic heterocycles. The molecule has 2 N–H and O–H groups in total. The van der Waals surface area contributed by atoms with E-state index >= 15 is 0 Å². The van der Waals surface area contributed by atoms with Crippen LogP contribution in [0.5, 0.6) is 0 Å². The normalized spacial score (nSPS) is 23.7. The Labute approximate surface area is 108 Å². The van der Waals surface area contributed by atoms with E-state index in [0.29, 0.717) is 25.4 Å². The zero-order valence-corrected chi connectivity index (χ0v) is 10.9. The first-order valence-electron chi connectivity index (χ1n) is 7.03. The fourth-order valence-electron chi connectivity index (χ4n) is 2.67. The van der Waals surface area contributed by atoms with E-state index in [1.54, 1.807) is 0 Å². The summed E-state index contributed by atoms with van der Waals surface area (Å²) >= 11 is 0. The van der Waals surface area contributed by atoms with Gasteiger partial charge in [-0.1, -0.05) is 0 Å². The van der Waals surface area contributed by atoms with Crippen LogP contribution in [0.15, 0.2) is 0 Å². The lowest BCUT2D eigenvalue weighted by atomic mass is 10.1. The summed E-state index contributed by atoms with van der Waals surface area (Å²) in [7, 11) is 0. The van der Waals surface area contributed by atoms with Crippen molar-refractivity contribution in [1.29, 1.82) is 0 Å². The van der Waals surface area contributed by atoms with Crippen LogP contribution < -0.4 is 10.6 Å². The largest absolute Gasteiger partial charge is 0.356 e. The van der Waals surface area contributed by atoms with Gasteiger partial charge in [-0.25, -0.2) is 0 Å². The molecule has 1 atom stereocenters. The van der Waals surface area contributed by atoms with Crippen LogP contribution in [-0.4, -0.2) is 48.9 Å². The highest BCUT2D eigenvalue weighted by Gasteiger charge is 2.19. The standard InChI is InChI=1S/C13H23N3O2/c17-12(10-11-4-1-6-14-11)15-7-3-9-16-8-2-5-13(16)18/h11,14H,1-10H2,(H,15,17). The van der Waals surface area contributed by atoms with Crippen molar-refractivity contribution in [1.82, 2.24) is 15.5 Å². The number of likely N-dealkylation sites (tertiary alicyclic amines) is 1. The van der Waals surface area contributed by atoms with Gasteiger partial charge < -0.3 is 15.5 Å². The van der Waals surface area contributed by atoms with Crippen molar-refractivity contribution in [3.63, 3.8) is 0 Å². The first-order chi connectivity index (χ1) is 8.75. The highest BCUT2D eigenvalue weighted by Crippen LogP contribution is 2.10. The van der Waals surface area contributed by atoms with Crippen LogP contribution in [0.25, 0.3) is 0 Å². The molecule has 5 nitrogen and oxygen atoms in total. The van der Waals surface area contributed by atoms with Gasteiger partial charge in [0.05, 0.1) is 0 Å². The summed E-state index contributed by atoms with van der Waals surface area (Å²) in [5.74, 6) is 0.388. The predicted octanol–water partition coefficient (Wildman–Crippen LogP) is 0.257. The molecule has 2 saturated heterocycles. The minimum atomic E-state index is 0.127. The van der Waals surface area contributed by atoms with Gasteiger partial charge in [-0.3, -0.25) is 9.59 Å². The van der Waals surface area contributed by atoms with Gasteiger partial charge in [0, 0.05) is 38.5 Å². The second kappa shape index (κ2) is 6.73. The van der Waals surface area contributed by atoms with Gasteiger partial charge in [0.25, 0.3) is 0 Å². The van der Waals surface area contributed by atoms with Gasteiger partial charge in [-0.15, -0.1) is 0 Å². The molecule has 0 aromatic carbocycles. The van der Waals surface area contributed by atoms with Crippen molar-refractivity contribution in [2.45, 2.75) is 44.6 Å². The highest BCUT2D eigenvalue weighted by molar-refractivity contribution is 5.78. The van der Waals surface area contributed by atoms with Gasteiger partial charge in [-0.2, -0.15) is 0 Å². The quantitative estimate of drug-likeness (QED) is 0.667. The molecule has 0 aliphatic carbocycles. The fraction of sp³-hybridized carbons (Fsp3) is 0.846. The van der Waals surface area contributed by atoms with E-state index in [-0.39, 0.29) is 11.8 Å². The molecule has 0 aromatic rings. The Morgan fingerprint density at radius 2 is 2.33 bits per heavy atom. The summed E-state index contributed by atoms with van der Waals surface area (Å²) in [5.41, 5.74) is 0. The average Bonchev–Trinajstić information content (AvgIpc) is 2.97. The molecule has 0 radical (unpaired) electrons. The Balaban J connectivity index is 1.52. The van der Waals surface area contributed by atoms with Gasteiger partial charge in [0.15, 0.2) is 0 Å². The summed E-state index contributed by atoms with van der Waals surface area (Å²) in [4.78, 5) is 24.9. The van der Waals surface area contributed by atoms with Crippen molar-refractivity contribution < 1.29 is 9.59 Å². The zero-order chi connectivity index (χ0) is 12.8. The number of hydrogen-bond donors (Lipinski definition) is 2. The van der Waals surface area contributed by atoms with E-state index in [9.17, 15) is 9.59 Å². The smallest absolute Gasteiger partial charge is 0.222 e. The topological polar surface area (TPSA) is 61.4 Å². The van der Waals surface area contributed by atoms with Crippen LogP contribution in [0, 0.1) is 0 Å². The predicted molar refractivity (Wildman–Crippen MR) is 69.1 cm³/mol. The van der Waals surface area contributed by atoms with Crippen molar-refractivity contribution in [3.8, 4) is 0 Å². The third kappa shape index (κ3) is 3.98. The third-order valence-electron chi connectivity index (χ3n) is 3.69. The lowest BCUT2D eigenvalue weighted by Crippen LogP contribution is -2.34. The molecule has 2 rings (SSSR count). The number of carbonyl (C=O) groups excluding carboxylic acids is 2. The van der Waals surface area contributed by atoms with Crippen LogP contribution in [0.1, 0.15) is 38.5 Å². The SMILES string of the molecule is O=C(CC1CCCN1)NCCCN1CCCC1=O. The summed E-state index contributed by atoms with van der Waals surface area (Å²) in [5, 5.41) is 6.25. The molecule has 2 fully saturated rings. The number of nitrogens with one attached hydrogen (secondary N) is 2. The Kier molecular flexibility index (Phi) is 4.99. The molecule has 2 aliphatic heterocycles. The molecule has 2 aliphatic rings. The molecule has 0 bridgehead atoms. The first-order valence-corrected chi connectivity index (χ1v) is 7.03. The Hall–Kier alpha value is -1.10. The van der Waals surface area contributed by atoms with Gasteiger partial charge in [0.2, 0.25) is 11.8 Å². The monoisotopic (exact) mass is 253 g/mol. The summed E-state index contributed by atoms with van der Waals surface area (Å²) in [6.07, 6.45) is 5.40. The highest BCUT2D eigenvalue weighted by atomic mass is 16.2. The van der Waals surface area contributed by atoms with Crippen molar-refractivity contribution in [3.05, 3.63) is 0 Å². The number of nitrogens with zero attached hydrogens (tertiary/aromatic N) is 1. The van der Waals surface area contributed by atoms with Gasteiger partial charge >= 0.3 is 0 Å². The van der Waals surface area contributed by atoms with E-state index in [1.165, 1.54) is 6.42 Å². The fourth-order valence-corrected chi connectivity index (χ4v) is 2.67. The minimum Gasteiger partial charge on any atom is -0.356 e. The van der Waals surface area contributed by atoms with Crippen LogP contribution in [0.2, 0.25) is 0 Å². The Bertz CT molecular complexity index is 301. The van der Waals surface area contributed by atoms with E-state index in [4.69, 9.17) is 0 Å². The molecular weight excluding hydrogens is 230 g/mol. The van der Waals surface area contributed by atoms with Crippen molar-refractivity contribution >= 4 is 11.8 Å². The second-order valence-corrected chi connectivity index (χ2v) is 5.19. The average molecular weight is 253 g/mol. The van der Waals surface area contributed by atoms with E-state index in [2.05, 4.69) is 10.6 Å². The van der Waals surface area contributed by atoms with Crippen LogP contribution in [-0.2, 0) is 9.59 Å². The van der Waals surface area contributed by atoms with Gasteiger partial charge in [0.1, 0.15) is 0 Å². The second-order valence-electron chi connectivity index (χ2n) is 5.19. The van der Waals surface area contributed by atoms with E-state index in [1.807, 2.05) is 4.90 Å². The van der Waals surface area contributed by atoms with Crippen LogP contribution in [0.4, 0.5) is 0 Å². The number of carbonyl (C=O) groups is 2. The Morgan fingerprint density at radius 3 is 3.00 bits per heavy atom. The molecule has 2 amide bonds. The molecule has 102 valence electrons. The summed E-state index contributed by atoms with van der Waals surface area (Å²) in [6, 6.07) is 0.366. The first kappa shape index (κ1) is 13.3. The molecule has 0 saturated carbocycles. The molecule has 0 spiro atoms. The number of amides is 2. The van der Waals surface area contributed by atoms with E-state index in [0.717, 1.165) is 38.9 Å². The molecule has 2 heterocycles. The van der Waals surface area contributed by atoms with Gasteiger partial charge in [-0.05, 0) is 32.2 Å². The number of hydrogen-bond acceptors (Lipinski definition) is 3. The lowest BCUT2D eigenvalue weighted by Gasteiger charge is -2.15. The zero-order valence-electron chi connectivity index (χ0n) is 10.9. The molecule has 18 heavy (non-hydrogen) atoms. The molecular formula is C13H23N3O2. The van der Waals surface area contributed by atoms with Crippen LogP contribution >= 0.6 is 0 Å². The van der Waals surface area contributed by atoms with Crippen molar-refractivity contribution in [2.75, 3.05) is 26.2 Å². The van der Waals surface area contributed by atoms with Crippen LogP contribution in [0.3, 0.4) is 0 Å². The molecule has 1 unspecified atom stereocenters. The summed E-state index contributed by atoms with van der Waals surface area (Å²) in [6.45, 7) is 3.38. The maximum Gasteiger partial charge on any atom is 0.222 e. The van der Waals surface area contributed by atoms with Crippen molar-refractivity contribution in [2.24, 2.45) is 0 Å². The van der Waals surface area contributed by atoms with E-state index < -0.39 is 0 Å². The Morgan fingerprint density at radius 1 is 1.44 bits per heavy atom. The minimum absolute atomic E-state index is 0.127. The summed E-state index contributed by atoms with van der Waals surface area (Å²) < 4.78 is 0. The maximum absolute atomic E-state index is 11.6. The maximum atomic E-state index is 11.6. The third-order valence-corrected chi connectivity index (χ3v) is 3.69. The lowest BCUT2D eigenvalue weighted by molar-refractivity contribution is -0.127. The molecule has 5 heteroatoms. The number of rotatable bonds is 6.